The third-order valence-corrected chi connectivity index (χ3v) is 6.44. The summed E-state index contributed by atoms with van der Waals surface area (Å²) in [6, 6.07) is 10.7. The van der Waals surface area contributed by atoms with E-state index in [9.17, 15) is 18.4 Å². The Kier molecular flexibility index (Phi) is 7.42. The average Bonchev–Trinajstić information content (AvgIpc) is 3.23. The predicted molar refractivity (Wildman–Crippen MR) is 128 cm³/mol. The number of hydrogen-bond donors (Lipinski definition) is 2. The van der Waals surface area contributed by atoms with E-state index >= 15 is 0 Å². The fourth-order valence-electron chi connectivity index (χ4n) is 3.55. The number of ether oxygens (including phenoxy) is 2. The van der Waals surface area contributed by atoms with Gasteiger partial charge in [-0.2, -0.15) is 0 Å². The summed E-state index contributed by atoms with van der Waals surface area (Å²) in [7, 11) is 0. The van der Waals surface area contributed by atoms with Crippen LogP contribution in [0.3, 0.4) is 0 Å². The topological polar surface area (TPSA) is 89.6 Å². The van der Waals surface area contributed by atoms with Gasteiger partial charge in [-0.15, -0.1) is 0 Å². The number of halogens is 2. The van der Waals surface area contributed by atoms with Gasteiger partial charge in [0.15, 0.2) is 5.13 Å². The molecule has 7 nitrogen and oxygen atoms in total. The number of carbonyl (C=O) groups excluding carboxylic acids is 2. The maximum atomic E-state index is 13.3. The molecule has 0 atom stereocenters. The van der Waals surface area contributed by atoms with Crippen molar-refractivity contribution in [2.24, 2.45) is 0 Å². The Morgan fingerprint density at radius 1 is 1.03 bits per heavy atom. The molecule has 35 heavy (non-hydrogen) atoms. The smallest absolute Gasteiger partial charge is 0.252 e. The summed E-state index contributed by atoms with van der Waals surface area (Å²) in [4.78, 5) is 30.2. The van der Waals surface area contributed by atoms with Gasteiger partial charge >= 0.3 is 0 Å². The Morgan fingerprint density at radius 2 is 1.63 bits per heavy atom. The Hall–Kier alpha value is -3.37. The molecule has 0 bridgehead atoms. The van der Waals surface area contributed by atoms with Crippen LogP contribution in [0.4, 0.5) is 13.9 Å². The van der Waals surface area contributed by atoms with Crippen LogP contribution < -0.4 is 15.4 Å². The second-order valence-electron chi connectivity index (χ2n) is 8.67. The molecule has 2 amide bonds. The van der Waals surface area contributed by atoms with Crippen LogP contribution >= 0.6 is 11.3 Å². The molecule has 0 saturated carbocycles. The maximum absolute atomic E-state index is 13.3. The fourth-order valence-corrected chi connectivity index (χ4v) is 4.47. The standard InChI is InChI=1S/C25H25F2N3O4S/c1-25(2,30-21(31)16-3-5-17(26)6-4-16)23(32)29-24-28-20(15-11-13-33-14-12-15)22(35-24)34-19-9-7-18(27)8-10-19/h3-10,15H,11-14H2,1-2H3,(H,30,31)(H,28,29,32). The summed E-state index contributed by atoms with van der Waals surface area (Å²) >= 11 is 1.16. The Bertz CT molecular complexity index is 1190. The van der Waals surface area contributed by atoms with E-state index < -0.39 is 23.2 Å². The first-order valence-corrected chi connectivity index (χ1v) is 11.9. The van der Waals surface area contributed by atoms with Crippen molar-refractivity contribution < 1.29 is 27.8 Å². The zero-order chi connectivity index (χ0) is 25.0. The predicted octanol–water partition coefficient (Wildman–Crippen LogP) is 5.25. The first kappa shape index (κ1) is 24.7. The number of thiazole rings is 1. The lowest BCUT2D eigenvalue weighted by molar-refractivity contribution is -0.120. The van der Waals surface area contributed by atoms with Crippen LogP contribution in [0.1, 0.15) is 48.7 Å². The maximum Gasteiger partial charge on any atom is 0.252 e. The molecule has 3 aromatic rings. The monoisotopic (exact) mass is 501 g/mol. The average molecular weight is 502 g/mol. The fraction of sp³-hybridized carbons (Fsp3) is 0.320. The molecule has 1 aromatic heterocycles. The van der Waals surface area contributed by atoms with Crippen LogP contribution in [0.2, 0.25) is 0 Å². The van der Waals surface area contributed by atoms with Crippen molar-refractivity contribution in [1.29, 1.82) is 0 Å². The number of hydrogen-bond acceptors (Lipinski definition) is 6. The molecule has 0 unspecified atom stereocenters. The molecule has 1 fully saturated rings. The number of aromatic nitrogens is 1. The van der Waals surface area contributed by atoms with Gasteiger partial charge in [0.1, 0.15) is 28.6 Å². The van der Waals surface area contributed by atoms with E-state index in [0.717, 1.165) is 24.2 Å². The number of carbonyl (C=O) groups is 2. The Balaban J connectivity index is 1.51. The zero-order valence-electron chi connectivity index (χ0n) is 19.3. The number of nitrogens with zero attached hydrogens (tertiary/aromatic N) is 1. The lowest BCUT2D eigenvalue weighted by atomic mass is 9.97. The number of amides is 2. The molecule has 2 heterocycles. The Labute approximate surface area is 205 Å². The highest BCUT2D eigenvalue weighted by Crippen LogP contribution is 2.41. The van der Waals surface area contributed by atoms with Gasteiger partial charge in [-0.25, -0.2) is 13.8 Å². The lowest BCUT2D eigenvalue weighted by Crippen LogP contribution is -2.52. The minimum Gasteiger partial charge on any atom is -0.445 e. The van der Waals surface area contributed by atoms with Crippen molar-refractivity contribution in [3.8, 4) is 10.8 Å². The number of rotatable bonds is 7. The molecular weight excluding hydrogens is 476 g/mol. The molecule has 10 heteroatoms. The molecule has 184 valence electrons. The first-order valence-electron chi connectivity index (χ1n) is 11.1. The van der Waals surface area contributed by atoms with Gasteiger partial charge in [-0.1, -0.05) is 11.3 Å². The van der Waals surface area contributed by atoms with Gasteiger partial charge in [-0.3, -0.25) is 14.9 Å². The van der Waals surface area contributed by atoms with E-state index in [2.05, 4.69) is 15.6 Å². The summed E-state index contributed by atoms with van der Waals surface area (Å²) in [5.41, 5.74) is -0.349. The van der Waals surface area contributed by atoms with Crippen molar-refractivity contribution in [3.63, 3.8) is 0 Å². The van der Waals surface area contributed by atoms with E-state index in [0.29, 0.717) is 34.9 Å². The van der Waals surface area contributed by atoms with Gasteiger partial charge in [0.25, 0.3) is 11.8 Å². The second kappa shape index (κ2) is 10.5. The van der Waals surface area contributed by atoms with E-state index in [1.54, 1.807) is 13.8 Å². The summed E-state index contributed by atoms with van der Waals surface area (Å²) < 4.78 is 37.9. The van der Waals surface area contributed by atoms with E-state index in [1.165, 1.54) is 48.5 Å². The van der Waals surface area contributed by atoms with Crippen molar-refractivity contribution in [3.05, 3.63) is 71.4 Å². The summed E-state index contributed by atoms with van der Waals surface area (Å²) in [5, 5.41) is 6.25. The highest BCUT2D eigenvalue weighted by molar-refractivity contribution is 7.17. The zero-order valence-corrected chi connectivity index (χ0v) is 20.1. The third-order valence-electron chi connectivity index (χ3n) is 5.57. The minimum atomic E-state index is -1.28. The van der Waals surface area contributed by atoms with Crippen molar-refractivity contribution in [2.75, 3.05) is 18.5 Å². The van der Waals surface area contributed by atoms with Crippen LogP contribution in [0.15, 0.2) is 48.5 Å². The van der Waals surface area contributed by atoms with Crippen molar-refractivity contribution in [1.82, 2.24) is 10.3 Å². The minimum absolute atomic E-state index is 0.0901. The largest absolute Gasteiger partial charge is 0.445 e. The molecule has 2 N–H and O–H groups in total. The number of nitrogens with one attached hydrogen (secondary N) is 2. The van der Waals surface area contributed by atoms with Crippen molar-refractivity contribution in [2.45, 2.75) is 38.1 Å². The molecule has 1 aliphatic heterocycles. The molecule has 4 rings (SSSR count). The van der Waals surface area contributed by atoms with Crippen LogP contribution in [0.5, 0.6) is 10.8 Å². The van der Waals surface area contributed by atoms with Gasteiger partial charge in [0.05, 0.1) is 0 Å². The molecule has 0 radical (unpaired) electrons. The van der Waals surface area contributed by atoms with Gasteiger partial charge in [-0.05, 0) is 75.2 Å². The normalized spacial score (nSPS) is 14.4. The van der Waals surface area contributed by atoms with E-state index in [1.807, 2.05) is 0 Å². The highest BCUT2D eigenvalue weighted by Gasteiger charge is 2.32. The molecule has 1 saturated heterocycles. The SMILES string of the molecule is CC(C)(NC(=O)c1ccc(F)cc1)C(=O)Nc1nc(C2CCOCC2)c(Oc2ccc(F)cc2)s1. The Morgan fingerprint density at radius 3 is 2.26 bits per heavy atom. The molecular formula is C25H25F2N3O4S. The van der Waals surface area contributed by atoms with Gasteiger partial charge < -0.3 is 14.8 Å². The molecule has 0 aliphatic carbocycles. The second-order valence-corrected chi connectivity index (χ2v) is 9.64. The van der Waals surface area contributed by atoms with Crippen LogP contribution in [0.25, 0.3) is 0 Å². The van der Waals surface area contributed by atoms with Gasteiger partial charge in [0.2, 0.25) is 5.06 Å². The quantitative estimate of drug-likeness (QED) is 0.461. The number of anilines is 1. The highest BCUT2D eigenvalue weighted by atomic mass is 32.1. The van der Waals surface area contributed by atoms with E-state index in [-0.39, 0.29) is 17.3 Å². The third kappa shape index (κ3) is 6.20. The molecule has 1 aliphatic rings. The molecule has 2 aromatic carbocycles. The van der Waals surface area contributed by atoms with E-state index in [4.69, 9.17) is 9.47 Å². The van der Waals surface area contributed by atoms with Gasteiger partial charge in [0, 0.05) is 24.7 Å². The van der Waals surface area contributed by atoms with Crippen molar-refractivity contribution >= 4 is 28.3 Å². The summed E-state index contributed by atoms with van der Waals surface area (Å²) in [6.07, 6.45) is 1.52. The summed E-state index contributed by atoms with van der Waals surface area (Å²) in [5.74, 6) is -1.27. The first-order chi connectivity index (χ1) is 16.7. The van der Waals surface area contributed by atoms with Crippen LogP contribution in [0, 0.1) is 11.6 Å². The molecule has 0 spiro atoms. The summed E-state index contributed by atoms with van der Waals surface area (Å²) in [6.45, 7) is 4.32. The van der Waals surface area contributed by atoms with Crippen LogP contribution in [-0.4, -0.2) is 35.6 Å². The lowest BCUT2D eigenvalue weighted by Gasteiger charge is -2.24. The number of benzene rings is 2. The van der Waals surface area contributed by atoms with Crippen LogP contribution in [-0.2, 0) is 9.53 Å².